The molecule has 0 aromatic heterocycles. The van der Waals surface area contributed by atoms with Gasteiger partial charge in [0.15, 0.2) is 0 Å². The minimum atomic E-state index is -0.544. The van der Waals surface area contributed by atoms with E-state index in [0.717, 1.165) is 25.9 Å². The van der Waals surface area contributed by atoms with Crippen LogP contribution in [0.2, 0.25) is 0 Å². The maximum Gasteiger partial charge on any atom is 0.244 e. The van der Waals surface area contributed by atoms with Crippen molar-refractivity contribution in [2.75, 3.05) is 13.1 Å². The Bertz CT molecular complexity index is 304. The number of nitrogens with zero attached hydrogens (tertiary/aromatic N) is 1. The average Bonchev–Trinajstić information content (AvgIpc) is 2.26. The molecule has 3 N–H and O–H groups in total. The molecule has 1 aliphatic rings. The van der Waals surface area contributed by atoms with Crippen molar-refractivity contribution in [3.63, 3.8) is 0 Å². The van der Waals surface area contributed by atoms with Crippen LogP contribution in [-0.4, -0.2) is 41.4 Å². The van der Waals surface area contributed by atoms with Crippen LogP contribution in [0.3, 0.4) is 0 Å². The van der Waals surface area contributed by atoms with Crippen molar-refractivity contribution in [3.05, 3.63) is 0 Å². The minimum Gasteiger partial charge on any atom is -0.345 e. The maximum atomic E-state index is 12.1. The van der Waals surface area contributed by atoms with Crippen LogP contribution in [0.5, 0.6) is 0 Å². The summed E-state index contributed by atoms with van der Waals surface area (Å²) in [6.07, 6.45) is 3.53. The van der Waals surface area contributed by atoms with Crippen molar-refractivity contribution in [1.82, 2.24) is 10.2 Å². The third-order valence-corrected chi connectivity index (χ3v) is 3.03. The van der Waals surface area contributed by atoms with E-state index in [-0.39, 0.29) is 18.2 Å². The topological polar surface area (TPSA) is 75.4 Å². The van der Waals surface area contributed by atoms with E-state index in [2.05, 4.69) is 5.32 Å². The van der Waals surface area contributed by atoms with E-state index < -0.39 is 11.6 Å². The van der Waals surface area contributed by atoms with E-state index in [1.165, 1.54) is 6.42 Å². The Morgan fingerprint density at radius 3 is 2.33 bits per heavy atom. The molecule has 1 unspecified atom stereocenters. The molecule has 0 aromatic carbocycles. The van der Waals surface area contributed by atoms with Crippen LogP contribution >= 0.6 is 0 Å². The smallest absolute Gasteiger partial charge is 0.244 e. The molecule has 1 heterocycles. The standard InChI is InChI=1S/C13H25N3O2/c1-10(15-11(17)9-13(2,3)14)12(18)16-7-5-4-6-8-16/h10H,4-9,14H2,1-3H3,(H,15,17). The molecule has 1 saturated heterocycles. The molecular formula is C13H25N3O2. The van der Waals surface area contributed by atoms with Crippen LogP contribution in [0.25, 0.3) is 0 Å². The van der Waals surface area contributed by atoms with Crippen LogP contribution in [0.4, 0.5) is 0 Å². The van der Waals surface area contributed by atoms with Crippen molar-refractivity contribution < 1.29 is 9.59 Å². The lowest BCUT2D eigenvalue weighted by Crippen LogP contribution is -2.50. The number of likely N-dealkylation sites (tertiary alicyclic amines) is 1. The first-order chi connectivity index (χ1) is 8.29. The summed E-state index contributed by atoms with van der Waals surface area (Å²) in [4.78, 5) is 25.6. The fourth-order valence-electron chi connectivity index (χ4n) is 2.16. The van der Waals surface area contributed by atoms with Crippen LogP contribution in [-0.2, 0) is 9.59 Å². The highest BCUT2D eigenvalue weighted by Gasteiger charge is 2.24. The summed E-state index contributed by atoms with van der Waals surface area (Å²) < 4.78 is 0. The normalized spacial score (nSPS) is 18.3. The zero-order chi connectivity index (χ0) is 13.8. The van der Waals surface area contributed by atoms with Gasteiger partial charge in [0.05, 0.1) is 0 Å². The fourth-order valence-corrected chi connectivity index (χ4v) is 2.16. The summed E-state index contributed by atoms with van der Waals surface area (Å²) in [6.45, 7) is 6.94. The van der Waals surface area contributed by atoms with Gasteiger partial charge in [-0.05, 0) is 40.0 Å². The highest BCUT2D eigenvalue weighted by Crippen LogP contribution is 2.10. The van der Waals surface area contributed by atoms with Crippen molar-refractivity contribution in [3.8, 4) is 0 Å². The Morgan fingerprint density at radius 1 is 1.28 bits per heavy atom. The predicted octanol–water partition coefficient (Wildman–Crippen LogP) is 0.631. The summed E-state index contributed by atoms with van der Waals surface area (Å²) in [5.74, 6) is -0.154. The van der Waals surface area contributed by atoms with Crippen molar-refractivity contribution in [2.24, 2.45) is 5.73 Å². The fraction of sp³-hybridized carbons (Fsp3) is 0.846. The second-order valence-electron chi connectivity index (χ2n) is 5.84. The molecule has 2 amide bonds. The number of piperidine rings is 1. The number of nitrogens with one attached hydrogen (secondary N) is 1. The molecule has 1 rings (SSSR count). The zero-order valence-corrected chi connectivity index (χ0v) is 11.7. The van der Waals surface area contributed by atoms with Gasteiger partial charge in [-0.25, -0.2) is 0 Å². The van der Waals surface area contributed by atoms with E-state index >= 15 is 0 Å². The molecule has 1 fully saturated rings. The van der Waals surface area contributed by atoms with E-state index in [9.17, 15) is 9.59 Å². The van der Waals surface area contributed by atoms with E-state index in [1.807, 2.05) is 4.90 Å². The van der Waals surface area contributed by atoms with Crippen LogP contribution in [0, 0.1) is 0 Å². The van der Waals surface area contributed by atoms with Gasteiger partial charge >= 0.3 is 0 Å². The molecule has 0 saturated carbocycles. The Morgan fingerprint density at radius 2 is 1.83 bits per heavy atom. The molecule has 0 spiro atoms. The molecule has 5 nitrogen and oxygen atoms in total. The number of amides is 2. The average molecular weight is 255 g/mol. The SMILES string of the molecule is CC(NC(=O)CC(C)(C)N)C(=O)N1CCCCC1. The number of carbonyl (C=O) groups excluding carboxylic acids is 2. The Balaban J connectivity index is 2.41. The summed E-state index contributed by atoms with van der Waals surface area (Å²) in [5.41, 5.74) is 5.23. The maximum absolute atomic E-state index is 12.1. The molecule has 0 aliphatic carbocycles. The van der Waals surface area contributed by atoms with Gasteiger partial charge in [0.1, 0.15) is 6.04 Å². The van der Waals surface area contributed by atoms with E-state index in [4.69, 9.17) is 5.73 Å². The lowest BCUT2D eigenvalue weighted by atomic mass is 10.0. The molecule has 1 atom stereocenters. The number of nitrogens with two attached hydrogens (primary N) is 1. The number of hydrogen-bond donors (Lipinski definition) is 2. The van der Waals surface area contributed by atoms with Gasteiger partial charge in [-0.3, -0.25) is 9.59 Å². The first-order valence-electron chi connectivity index (χ1n) is 6.66. The van der Waals surface area contributed by atoms with Gasteiger partial charge in [0, 0.05) is 25.0 Å². The van der Waals surface area contributed by atoms with Crippen molar-refractivity contribution in [2.45, 2.75) is 58.0 Å². The van der Waals surface area contributed by atoms with Gasteiger partial charge in [-0.2, -0.15) is 0 Å². The van der Waals surface area contributed by atoms with Crippen LogP contribution in [0.1, 0.15) is 46.5 Å². The zero-order valence-electron chi connectivity index (χ0n) is 11.7. The first kappa shape index (κ1) is 15.0. The van der Waals surface area contributed by atoms with Crippen molar-refractivity contribution >= 4 is 11.8 Å². The molecule has 1 aliphatic heterocycles. The number of rotatable bonds is 4. The van der Waals surface area contributed by atoms with Gasteiger partial charge in [0.2, 0.25) is 11.8 Å². The molecule has 0 radical (unpaired) electrons. The molecule has 0 bridgehead atoms. The molecule has 104 valence electrons. The highest BCUT2D eigenvalue weighted by atomic mass is 16.2. The van der Waals surface area contributed by atoms with Crippen LogP contribution in [0.15, 0.2) is 0 Å². The number of carbonyl (C=O) groups is 2. The lowest BCUT2D eigenvalue weighted by molar-refractivity contribution is -0.136. The van der Waals surface area contributed by atoms with Crippen molar-refractivity contribution in [1.29, 1.82) is 0 Å². The summed E-state index contributed by atoms with van der Waals surface area (Å²) in [6, 6.07) is -0.460. The summed E-state index contributed by atoms with van der Waals surface area (Å²) >= 11 is 0. The quantitative estimate of drug-likeness (QED) is 0.773. The molecule has 18 heavy (non-hydrogen) atoms. The monoisotopic (exact) mass is 255 g/mol. The second-order valence-corrected chi connectivity index (χ2v) is 5.84. The summed E-state index contributed by atoms with van der Waals surface area (Å²) in [7, 11) is 0. The lowest BCUT2D eigenvalue weighted by Gasteiger charge is -2.29. The Labute approximate surface area is 109 Å². The molecule has 0 aromatic rings. The van der Waals surface area contributed by atoms with Gasteiger partial charge in [-0.1, -0.05) is 0 Å². The largest absolute Gasteiger partial charge is 0.345 e. The van der Waals surface area contributed by atoms with Gasteiger partial charge in [0.25, 0.3) is 0 Å². The van der Waals surface area contributed by atoms with Gasteiger partial charge < -0.3 is 16.0 Å². The molecular weight excluding hydrogens is 230 g/mol. The third kappa shape index (κ3) is 5.04. The Hall–Kier alpha value is -1.10. The third-order valence-electron chi connectivity index (χ3n) is 3.03. The highest BCUT2D eigenvalue weighted by molar-refractivity contribution is 5.87. The van der Waals surface area contributed by atoms with E-state index in [1.54, 1.807) is 20.8 Å². The second kappa shape index (κ2) is 6.18. The molecule has 5 heteroatoms. The van der Waals surface area contributed by atoms with E-state index in [0.29, 0.717) is 0 Å². The predicted molar refractivity (Wildman–Crippen MR) is 70.9 cm³/mol. The summed E-state index contributed by atoms with van der Waals surface area (Å²) in [5, 5.41) is 2.72. The van der Waals surface area contributed by atoms with Crippen LogP contribution < -0.4 is 11.1 Å². The van der Waals surface area contributed by atoms with Gasteiger partial charge in [-0.15, -0.1) is 0 Å². The first-order valence-corrected chi connectivity index (χ1v) is 6.66. The number of hydrogen-bond acceptors (Lipinski definition) is 3. The Kier molecular flexibility index (Phi) is 5.14. The minimum absolute atomic E-state index is 0.0119.